The molecule has 0 fully saturated rings. The molecule has 0 aliphatic carbocycles. The Bertz CT molecular complexity index is 3860. The molecule has 0 bridgehead atoms. The van der Waals surface area contributed by atoms with Crippen LogP contribution in [0.4, 0.5) is 11.4 Å². The molecule has 0 amide bonds. The Labute approximate surface area is 408 Å². The fraction of sp³-hybridized carbons (Fsp3) is 0.0159. The topological polar surface area (TPSA) is 25.2 Å². The zero-order valence-corrected chi connectivity index (χ0v) is 39.0. The minimum atomic E-state index is -0.488. The molecule has 0 saturated carbocycles. The van der Waals surface area contributed by atoms with Crippen molar-refractivity contribution in [3.8, 4) is 22.3 Å². The molecule has 0 radical (unpaired) electrons. The smallest absolute Gasteiger partial charge is 0.144 e. The largest absolute Gasteiger partial charge is 0.455 e. The summed E-state index contributed by atoms with van der Waals surface area (Å²) in [4.78, 5) is 4.74. The van der Waals surface area contributed by atoms with Crippen LogP contribution >= 0.6 is 35.1 Å². The summed E-state index contributed by atoms with van der Waals surface area (Å²) in [6, 6.07) is 85.5. The summed E-state index contributed by atoms with van der Waals surface area (Å²) in [5.41, 5.74) is 12.9. The predicted molar refractivity (Wildman–Crippen MR) is 287 cm³/mol. The molecular formula is C63H40ClNOS2. The third-order valence-corrected chi connectivity index (χ3v) is 15.9. The minimum Gasteiger partial charge on any atom is -0.455 e. The van der Waals surface area contributed by atoms with Crippen LogP contribution in [0.1, 0.15) is 22.3 Å². The average Bonchev–Trinajstić information content (AvgIpc) is 3.80. The predicted octanol–water partition coefficient (Wildman–Crippen LogP) is 18.6. The first-order chi connectivity index (χ1) is 33.6. The van der Waals surface area contributed by atoms with Gasteiger partial charge in [0.1, 0.15) is 11.2 Å². The number of hydrogen-bond donors (Lipinski definition) is 1. The highest BCUT2D eigenvalue weighted by atomic mass is 35.5. The van der Waals surface area contributed by atoms with E-state index in [2.05, 4.69) is 224 Å². The summed E-state index contributed by atoms with van der Waals surface area (Å²) in [5, 5.41) is 11.1. The maximum atomic E-state index is 6.96. The van der Waals surface area contributed by atoms with Crippen LogP contribution in [0.25, 0.3) is 65.7 Å². The highest BCUT2D eigenvalue weighted by Crippen LogP contribution is 2.56. The normalized spacial score (nSPS) is 12.9. The Morgan fingerprint density at radius 3 is 1.93 bits per heavy atom. The number of furan rings is 1. The van der Waals surface area contributed by atoms with Gasteiger partial charge in [0.25, 0.3) is 0 Å². The molecule has 0 saturated heterocycles. The maximum Gasteiger partial charge on any atom is 0.144 e. The molecule has 322 valence electrons. The number of anilines is 2. The van der Waals surface area contributed by atoms with E-state index in [9.17, 15) is 0 Å². The van der Waals surface area contributed by atoms with Gasteiger partial charge in [-0.05, 0) is 127 Å². The van der Waals surface area contributed by atoms with Crippen LogP contribution in [-0.4, -0.2) is 0 Å². The van der Waals surface area contributed by atoms with Crippen molar-refractivity contribution >= 4 is 90.0 Å². The number of fused-ring (bicyclic) bond motifs is 8. The first-order valence-corrected chi connectivity index (χ1v) is 24.8. The van der Waals surface area contributed by atoms with Crippen molar-refractivity contribution in [3.05, 3.63) is 264 Å². The highest BCUT2D eigenvalue weighted by Gasteiger charge is 2.44. The van der Waals surface area contributed by atoms with Crippen LogP contribution in [-0.2, 0) is 5.41 Å². The van der Waals surface area contributed by atoms with Gasteiger partial charge < -0.3 is 9.73 Å². The standard InChI is InChI=1S/C63H40ClNOS2/c64-55-26-14-27-56-60(55)61-59(38-43-16-8-10-23-52(43)62(61)66-56)67-49-36-44(51-24-13-17-41-15-7-9-22-50(41)51)35-48(39-49)65-47-32-29-40(30-33-47)42-31-34-58-54(37-42)63(45-18-3-1-4-19-45,46-20-5-2-6-21-46)53-25-11-12-28-57(53)68-58/h1-39,65H. The quantitative estimate of drug-likeness (QED) is 0.164. The van der Waals surface area contributed by atoms with Gasteiger partial charge in [0, 0.05) is 47.1 Å². The van der Waals surface area contributed by atoms with Gasteiger partial charge in [-0.1, -0.05) is 205 Å². The third kappa shape index (κ3) is 6.82. The van der Waals surface area contributed by atoms with Crippen molar-refractivity contribution in [1.82, 2.24) is 0 Å². The van der Waals surface area contributed by atoms with E-state index in [1.165, 1.54) is 53.9 Å². The first kappa shape index (κ1) is 40.8. The molecule has 5 heteroatoms. The lowest BCUT2D eigenvalue weighted by atomic mass is 9.64. The Kier molecular flexibility index (Phi) is 10.0. The zero-order chi connectivity index (χ0) is 45.2. The molecule has 0 spiro atoms. The third-order valence-electron chi connectivity index (χ3n) is 13.5. The Hall–Kier alpha value is -7.47. The van der Waals surface area contributed by atoms with Gasteiger partial charge in [0.05, 0.1) is 10.4 Å². The molecule has 1 aliphatic heterocycles. The second kappa shape index (κ2) is 16.7. The summed E-state index contributed by atoms with van der Waals surface area (Å²) in [5.74, 6) is 0. The van der Waals surface area contributed by atoms with Gasteiger partial charge in [-0.15, -0.1) is 0 Å². The number of benzene rings is 11. The lowest BCUT2D eigenvalue weighted by Crippen LogP contribution is -2.34. The Morgan fingerprint density at radius 1 is 0.456 bits per heavy atom. The van der Waals surface area contributed by atoms with Crippen molar-refractivity contribution in [3.63, 3.8) is 0 Å². The molecule has 2 nitrogen and oxygen atoms in total. The molecule has 12 aromatic rings. The van der Waals surface area contributed by atoms with Crippen molar-refractivity contribution in [1.29, 1.82) is 0 Å². The van der Waals surface area contributed by atoms with E-state index < -0.39 is 5.41 Å². The summed E-state index contributed by atoms with van der Waals surface area (Å²) in [6.07, 6.45) is 0. The second-order valence-electron chi connectivity index (χ2n) is 17.4. The molecule has 2 heterocycles. The van der Waals surface area contributed by atoms with Crippen molar-refractivity contribution in [2.75, 3.05) is 5.32 Å². The summed E-state index contributed by atoms with van der Waals surface area (Å²) in [6.45, 7) is 0. The fourth-order valence-electron chi connectivity index (χ4n) is 10.4. The fourth-order valence-corrected chi connectivity index (χ4v) is 13.0. The first-order valence-electron chi connectivity index (χ1n) is 22.8. The molecule has 1 N–H and O–H groups in total. The highest BCUT2D eigenvalue weighted by molar-refractivity contribution is 7.99. The van der Waals surface area contributed by atoms with E-state index in [1.54, 1.807) is 11.8 Å². The average molecular weight is 927 g/mol. The number of nitrogens with one attached hydrogen (secondary N) is 1. The van der Waals surface area contributed by atoms with Crippen molar-refractivity contribution < 1.29 is 4.42 Å². The second-order valence-corrected chi connectivity index (χ2v) is 20.0. The summed E-state index contributed by atoms with van der Waals surface area (Å²) in [7, 11) is 0. The minimum absolute atomic E-state index is 0.488. The van der Waals surface area contributed by atoms with Gasteiger partial charge in [0.15, 0.2) is 0 Å². The van der Waals surface area contributed by atoms with Gasteiger partial charge in [-0.2, -0.15) is 0 Å². The van der Waals surface area contributed by atoms with Gasteiger partial charge >= 0.3 is 0 Å². The molecule has 13 rings (SSSR count). The molecule has 1 aliphatic rings. The maximum absolute atomic E-state index is 6.96. The molecule has 0 unspecified atom stereocenters. The molecule has 11 aromatic carbocycles. The van der Waals surface area contributed by atoms with Crippen LogP contribution in [0.3, 0.4) is 0 Å². The Morgan fingerprint density at radius 2 is 1.12 bits per heavy atom. The lowest BCUT2D eigenvalue weighted by Gasteiger charge is -2.42. The molecule has 1 aromatic heterocycles. The van der Waals surface area contributed by atoms with E-state index in [0.29, 0.717) is 5.02 Å². The van der Waals surface area contributed by atoms with E-state index in [0.717, 1.165) is 65.0 Å². The molecule has 0 atom stereocenters. The zero-order valence-electron chi connectivity index (χ0n) is 36.6. The van der Waals surface area contributed by atoms with Crippen LogP contribution in [0.15, 0.2) is 261 Å². The van der Waals surface area contributed by atoms with Gasteiger partial charge in [0.2, 0.25) is 0 Å². The van der Waals surface area contributed by atoms with Crippen LogP contribution in [0.5, 0.6) is 0 Å². The van der Waals surface area contributed by atoms with Crippen LogP contribution < -0.4 is 5.32 Å². The van der Waals surface area contributed by atoms with Gasteiger partial charge in [-0.3, -0.25) is 0 Å². The van der Waals surface area contributed by atoms with Crippen molar-refractivity contribution in [2.24, 2.45) is 0 Å². The van der Waals surface area contributed by atoms with E-state index in [4.69, 9.17) is 16.0 Å². The number of hydrogen-bond acceptors (Lipinski definition) is 4. The summed E-state index contributed by atoms with van der Waals surface area (Å²) >= 11 is 10.6. The molecular weight excluding hydrogens is 886 g/mol. The van der Waals surface area contributed by atoms with Crippen molar-refractivity contribution in [2.45, 2.75) is 25.0 Å². The Balaban J connectivity index is 0.906. The lowest BCUT2D eigenvalue weighted by molar-refractivity contribution is 0.672. The van der Waals surface area contributed by atoms with E-state index in [1.807, 2.05) is 30.0 Å². The monoisotopic (exact) mass is 925 g/mol. The van der Waals surface area contributed by atoms with Gasteiger partial charge in [-0.25, -0.2) is 0 Å². The van der Waals surface area contributed by atoms with E-state index >= 15 is 0 Å². The summed E-state index contributed by atoms with van der Waals surface area (Å²) < 4.78 is 6.59. The van der Waals surface area contributed by atoms with Crippen LogP contribution in [0, 0.1) is 0 Å². The number of rotatable bonds is 8. The molecule has 68 heavy (non-hydrogen) atoms. The van der Waals surface area contributed by atoms with Crippen LogP contribution in [0.2, 0.25) is 5.02 Å². The number of halogens is 1. The van der Waals surface area contributed by atoms with E-state index in [-0.39, 0.29) is 0 Å². The SMILES string of the molecule is Clc1cccc2oc3c4ccccc4cc(Sc4cc(Nc5ccc(-c6ccc7c(c6)C(c6ccccc6)(c6ccccc6)c6ccccc6S7)cc5)cc(-c5cccc6ccccc56)c4)c3c12.